The summed E-state index contributed by atoms with van der Waals surface area (Å²) in [7, 11) is 4.26. The largest absolute Gasteiger partial charge is 0.369 e. The molecule has 3 aliphatic heterocycles. The number of urea groups is 1. The van der Waals surface area contributed by atoms with Crippen LogP contribution in [0.4, 0.5) is 4.79 Å². The monoisotopic (exact) mass is 309 g/mol. The highest BCUT2D eigenvalue weighted by Gasteiger charge is 2.63. The molecule has 0 aliphatic carbocycles. The normalized spacial score (nSPS) is 36.2. The van der Waals surface area contributed by atoms with Crippen molar-refractivity contribution in [1.29, 1.82) is 0 Å². The van der Waals surface area contributed by atoms with E-state index in [2.05, 4.69) is 31.2 Å². The van der Waals surface area contributed by atoms with Crippen LogP contribution >= 0.6 is 0 Å². The fourth-order valence-electron chi connectivity index (χ4n) is 4.69. The van der Waals surface area contributed by atoms with Crippen molar-refractivity contribution in [3.8, 4) is 0 Å². The molecule has 22 heavy (non-hydrogen) atoms. The lowest BCUT2D eigenvalue weighted by Gasteiger charge is -2.30. The number of carbonyl (C=O) groups is 1. The first-order valence-electron chi connectivity index (χ1n) is 8.91. The third-order valence-electron chi connectivity index (χ3n) is 5.70. The topological polar surface area (TPSA) is 44.8 Å². The van der Waals surface area contributed by atoms with Crippen LogP contribution in [0.2, 0.25) is 0 Å². The van der Waals surface area contributed by atoms with Crippen molar-refractivity contribution in [2.24, 2.45) is 11.8 Å². The van der Waals surface area contributed by atoms with Crippen LogP contribution in [0.1, 0.15) is 39.0 Å². The predicted molar refractivity (Wildman–Crippen MR) is 86.9 cm³/mol. The summed E-state index contributed by atoms with van der Waals surface area (Å²) in [4.78, 5) is 16.6. The van der Waals surface area contributed by atoms with E-state index in [1.54, 1.807) is 0 Å². The summed E-state index contributed by atoms with van der Waals surface area (Å²) in [6.45, 7) is 5.71. The van der Waals surface area contributed by atoms with Crippen LogP contribution < -0.4 is 5.32 Å². The number of hydrogen-bond acceptors (Lipinski definition) is 3. The van der Waals surface area contributed by atoms with Crippen molar-refractivity contribution in [3.05, 3.63) is 0 Å². The Hall–Kier alpha value is -0.810. The van der Waals surface area contributed by atoms with Crippen molar-refractivity contribution in [1.82, 2.24) is 15.1 Å². The summed E-state index contributed by atoms with van der Waals surface area (Å²) < 4.78 is 6.37. The molecule has 0 saturated carbocycles. The Morgan fingerprint density at radius 1 is 1.41 bits per heavy atom. The average Bonchev–Trinajstić information content (AvgIpc) is 3.12. The zero-order chi connectivity index (χ0) is 15.7. The van der Waals surface area contributed by atoms with Crippen LogP contribution in [0.3, 0.4) is 0 Å². The number of nitrogens with one attached hydrogen (secondary N) is 1. The van der Waals surface area contributed by atoms with Gasteiger partial charge in [-0.15, -0.1) is 0 Å². The molecule has 1 N–H and O–H groups in total. The van der Waals surface area contributed by atoms with Crippen LogP contribution in [0.15, 0.2) is 0 Å². The van der Waals surface area contributed by atoms with Crippen molar-refractivity contribution in [2.75, 3.05) is 40.3 Å². The summed E-state index contributed by atoms with van der Waals surface area (Å²) in [5, 5.41) is 3.08. The number of hydrogen-bond donors (Lipinski definition) is 1. The molecule has 0 radical (unpaired) electrons. The lowest BCUT2D eigenvalue weighted by atomic mass is 9.73. The Balaban J connectivity index is 1.57. The van der Waals surface area contributed by atoms with E-state index in [9.17, 15) is 4.79 Å². The second-order valence-corrected chi connectivity index (χ2v) is 7.61. The van der Waals surface area contributed by atoms with Gasteiger partial charge in [-0.3, -0.25) is 0 Å². The quantitative estimate of drug-likeness (QED) is 0.763. The number of likely N-dealkylation sites (tertiary alicyclic amines) is 1. The standard InChI is InChI=1S/C17H31N3O2/c1-4-5-6-9-18-16(21)20-11-14-13(10-19(2)3)15-7-8-17(14,12-20)22-15/h13-15H,4-12H2,1-3H3,(H,18,21)/t13-,14+,15+,17+/m0/s1. The Kier molecular flexibility index (Phi) is 4.64. The van der Waals surface area contributed by atoms with E-state index in [0.29, 0.717) is 17.9 Å². The summed E-state index contributed by atoms with van der Waals surface area (Å²) in [5.41, 5.74) is -0.0356. The molecule has 0 aromatic rings. The third kappa shape index (κ3) is 2.85. The van der Waals surface area contributed by atoms with Crippen LogP contribution in [0.25, 0.3) is 0 Å². The molecular formula is C17H31N3O2. The Morgan fingerprint density at radius 2 is 2.23 bits per heavy atom. The van der Waals surface area contributed by atoms with Crippen LogP contribution in [-0.4, -0.2) is 67.8 Å². The number of fused-ring (bicyclic) bond motifs is 1. The molecule has 2 bridgehead atoms. The van der Waals surface area contributed by atoms with E-state index in [1.807, 2.05) is 4.90 Å². The maximum atomic E-state index is 12.4. The van der Waals surface area contributed by atoms with Gasteiger partial charge in [-0.25, -0.2) is 4.79 Å². The number of nitrogens with zero attached hydrogens (tertiary/aromatic N) is 2. The van der Waals surface area contributed by atoms with Crippen LogP contribution in [-0.2, 0) is 4.74 Å². The van der Waals surface area contributed by atoms with Gasteiger partial charge in [0.2, 0.25) is 0 Å². The van der Waals surface area contributed by atoms with Gasteiger partial charge >= 0.3 is 6.03 Å². The average molecular weight is 309 g/mol. The molecular weight excluding hydrogens is 278 g/mol. The minimum atomic E-state index is -0.0356. The van der Waals surface area contributed by atoms with E-state index < -0.39 is 0 Å². The molecule has 126 valence electrons. The first kappa shape index (κ1) is 16.1. The lowest BCUT2D eigenvalue weighted by molar-refractivity contribution is 0.00493. The van der Waals surface area contributed by atoms with Gasteiger partial charge in [0.15, 0.2) is 0 Å². The molecule has 0 aromatic carbocycles. The highest BCUT2D eigenvalue weighted by Crippen LogP contribution is 2.54. The second kappa shape index (κ2) is 6.36. The van der Waals surface area contributed by atoms with Crippen LogP contribution in [0, 0.1) is 11.8 Å². The SMILES string of the molecule is CCCCCNC(=O)N1C[C@@H]2[C@H](CN(C)C)[C@H]3CC[C@]2(C1)O3. The molecule has 5 heteroatoms. The van der Waals surface area contributed by atoms with E-state index in [4.69, 9.17) is 4.74 Å². The highest BCUT2D eigenvalue weighted by molar-refractivity contribution is 5.74. The number of unbranched alkanes of at least 4 members (excludes halogenated alkanes) is 2. The van der Waals surface area contributed by atoms with E-state index in [0.717, 1.165) is 39.0 Å². The molecule has 0 unspecified atom stereocenters. The van der Waals surface area contributed by atoms with Crippen LogP contribution in [0.5, 0.6) is 0 Å². The fourth-order valence-corrected chi connectivity index (χ4v) is 4.69. The van der Waals surface area contributed by atoms with Gasteiger partial charge in [-0.05, 0) is 33.4 Å². The lowest BCUT2D eigenvalue weighted by Crippen LogP contribution is -2.41. The van der Waals surface area contributed by atoms with Gasteiger partial charge in [-0.1, -0.05) is 19.8 Å². The first-order valence-corrected chi connectivity index (χ1v) is 8.91. The van der Waals surface area contributed by atoms with Gasteiger partial charge in [0.25, 0.3) is 0 Å². The van der Waals surface area contributed by atoms with E-state index >= 15 is 0 Å². The third-order valence-corrected chi connectivity index (χ3v) is 5.70. The molecule has 3 heterocycles. The number of amides is 2. The molecule has 3 saturated heterocycles. The van der Waals surface area contributed by atoms with Gasteiger partial charge < -0.3 is 19.9 Å². The molecule has 0 aromatic heterocycles. The number of carbonyl (C=O) groups excluding carboxylic acids is 1. The van der Waals surface area contributed by atoms with Gasteiger partial charge in [0.05, 0.1) is 18.2 Å². The summed E-state index contributed by atoms with van der Waals surface area (Å²) in [6, 6.07) is 0.107. The van der Waals surface area contributed by atoms with Crippen molar-refractivity contribution in [2.45, 2.75) is 50.7 Å². The first-order chi connectivity index (χ1) is 10.6. The smallest absolute Gasteiger partial charge is 0.317 e. The Bertz CT molecular complexity index is 415. The number of ether oxygens (including phenoxy) is 1. The molecule has 3 rings (SSSR count). The predicted octanol–water partition coefficient (Wildman–Crippen LogP) is 1.93. The zero-order valence-corrected chi connectivity index (χ0v) is 14.3. The van der Waals surface area contributed by atoms with Crippen molar-refractivity contribution < 1.29 is 9.53 Å². The summed E-state index contributed by atoms with van der Waals surface area (Å²) in [6.07, 6.45) is 6.16. The second-order valence-electron chi connectivity index (χ2n) is 7.61. The van der Waals surface area contributed by atoms with Gasteiger partial charge in [0.1, 0.15) is 0 Å². The zero-order valence-electron chi connectivity index (χ0n) is 14.3. The summed E-state index contributed by atoms with van der Waals surface area (Å²) in [5.74, 6) is 1.11. The summed E-state index contributed by atoms with van der Waals surface area (Å²) >= 11 is 0. The Morgan fingerprint density at radius 3 is 2.95 bits per heavy atom. The van der Waals surface area contributed by atoms with Crippen molar-refractivity contribution in [3.63, 3.8) is 0 Å². The van der Waals surface area contributed by atoms with E-state index in [-0.39, 0.29) is 11.6 Å². The maximum Gasteiger partial charge on any atom is 0.317 e. The molecule has 3 fully saturated rings. The molecule has 2 amide bonds. The van der Waals surface area contributed by atoms with Gasteiger partial charge in [0, 0.05) is 31.5 Å². The van der Waals surface area contributed by atoms with E-state index in [1.165, 1.54) is 19.3 Å². The number of rotatable bonds is 6. The molecule has 1 spiro atoms. The Labute approximate surface area is 134 Å². The van der Waals surface area contributed by atoms with Crippen molar-refractivity contribution >= 4 is 6.03 Å². The molecule has 3 aliphatic rings. The minimum Gasteiger partial charge on any atom is -0.369 e. The minimum absolute atomic E-state index is 0.0356. The maximum absolute atomic E-state index is 12.4. The fraction of sp³-hybridized carbons (Fsp3) is 0.941. The molecule has 5 nitrogen and oxygen atoms in total. The van der Waals surface area contributed by atoms with Gasteiger partial charge in [-0.2, -0.15) is 0 Å². The highest BCUT2D eigenvalue weighted by atomic mass is 16.5. The molecule has 4 atom stereocenters.